The van der Waals surface area contributed by atoms with Crippen molar-refractivity contribution >= 4 is 37.4 Å². The molecule has 0 radical (unpaired) electrons. The molecule has 0 N–H and O–H groups in total. The fourth-order valence-electron chi connectivity index (χ4n) is 4.32. The molecule has 152 valence electrons. The number of aromatic nitrogens is 2. The summed E-state index contributed by atoms with van der Waals surface area (Å²) in [6.45, 7) is 4.34. The van der Waals surface area contributed by atoms with E-state index in [0.29, 0.717) is 31.1 Å². The van der Waals surface area contributed by atoms with E-state index in [1.54, 1.807) is 28.0 Å². The lowest BCUT2D eigenvalue weighted by Gasteiger charge is -2.34. The second-order valence-corrected chi connectivity index (χ2v) is 10.7. The molecule has 6 nitrogen and oxygen atoms in total. The number of aryl methyl sites for hydroxylation is 3. The Hall–Kier alpha value is -2.03. The maximum Gasteiger partial charge on any atom is 0.243 e. The first kappa shape index (κ1) is 19.0. The van der Waals surface area contributed by atoms with E-state index in [1.807, 2.05) is 12.1 Å². The summed E-state index contributed by atoms with van der Waals surface area (Å²) in [4.78, 5) is 13.8. The first-order valence-electron chi connectivity index (χ1n) is 10.2. The van der Waals surface area contributed by atoms with Crippen LogP contribution in [-0.2, 0) is 29.3 Å². The fourth-order valence-corrected chi connectivity index (χ4v) is 6.72. The molecule has 0 saturated carbocycles. The molecule has 1 aliphatic carbocycles. The van der Waals surface area contributed by atoms with Crippen molar-refractivity contribution in [3.8, 4) is 0 Å². The Kier molecular flexibility index (Phi) is 4.80. The van der Waals surface area contributed by atoms with Gasteiger partial charge in [-0.1, -0.05) is 13.0 Å². The number of sulfonamides is 1. The zero-order valence-corrected chi connectivity index (χ0v) is 18.1. The Labute approximate surface area is 175 Å². The summed E-state index contributed by atoms with van der Waals surface area (Å²) in [5, 5.41) is 1.07. The Bertz CT molecular complexity index is 1160. The summed E-state index contributed by atoms with van der Waals surface area (Å²) in [6.07, 6.45) is 5.75. The number of nitrogens with zero attached hydrogens (tertiary/aromatic N) is 4. The van der Waals surface area contributed by atoms with E-state index in [9.17, 15) is 8.42 Å². The third-order valence-corrected chi connectivity index (χ3v) is 9.04. The van der Waals surface area contributed by atoms with Gasteiger partial charge in [0, 0.05) is 31.1 Å². The predicted molar refractivity (Wildman–Crippen MR) is 116 cm³/mol. The van der Waals surface area contributed by atoms with Gasteiger partial charge in [-0.25, -0.2) is 18.4 Å². The van der Waals surface area contributed by atoms with E-state index in [4.69, 9.17) is 0 Å². The van der Waals surface area contributed by atoms with Gasteiger partial charge < -0.3 is 4.90 Å². The highest BCUT2D eigenvalue weighted by atomic mass is 32.2. The van der Waals surface area contributed by atoms with Gasteiger partial charge in [-0.15, -0.1) is 11.3 Å². The van der Waals surface area contributed by atoms with Crippen molar-refractivity contribution in [1.82, 2.24) is 14.3 Å². The summed E-state index contributed by atoms with van der Waals surface area (Å²) in [6, 6.07) is 7.82. The lowest BCUT2D eigenvalue weighted by atomic mass is 10.1. The molecular formula is C21H24N4O2S2. The van der Waals surface area contributed by atoms with Gasteiger partial charge in [0.25, 0.3) is 0 Å². The van der Waals surface area contributed by atoms with Crippen molar-refractivity contribution in [2.24, 2.45) is 0 Å². The normalized spacial score (nSPS) is 17.8. The van der Waals surface area contributed by atoms with Crippen LogP contribution in [0.5, 0.6) is 0 Å². The molecule has 0 unspecified atom stereocenters. The van der Waals surface area contributed by atoms with Crippen LogP contribution in [0.4, 0.5) is 5.82 Å². The molecule has 2 aliphatic rings. The van der Waals surface area contributed by atoms with E-state index < -0.39 is 10.0 Å². The molecule has 5 rings (SSSR count). The van der Waals surface area contributed by atoms with Gasteiger partial charge in [0.05, 0.1) is 10.3 Å². The van der Waals surface area contributed by atoms with Gasteiger partial charge >= 0.3 is 0 Å². The molecule has 0 spiro atoms. The van der Waals surface area contributed by atoms with Crippen LogP contribution in [0.3, 0.4) is 0 Å². The quantitative estimate of drug-likeness (QED) is 0.638. The van der Waals surface area contributed by atoms with Crippen LogP contribution in [0.2, 0.25) is 0 Å². The van der Waals surface area contributed by atoms with E-state index in [2.05, 4.69) is 27.9 Å². The Morgan fingerprint density at radius 2 is 1.83 bits per heavy atom. The van der Waals surface area contributed by atoms with Crippen molar-refractivity contribution in [2.45, 2.75) is 37.5 Å². The first-order chi connectivity index (χ1) is 14.1. The molecular weight excluding hydrogens is 404 g/mol. The van der Waals surface area contributed by atoms with Gasteiger partial charge in [0.15, 0.2) is 0 Å². The highest BCUT2D eigenvalue weighted by Gasteiger charge is 2.30. The molecule has 3 heterocycles. The van der Waals surface area contributed by atoms with Crippen LogP contribution in [0.15, 0.2) is 35.5 Å². The van der Waals surface area contributed by atoms with Gasteiger partial charge in [0.1, 0.15) is 17.0 Å². The number of benzene rings is 1. The zero-order chi connectivity index (χ0) is 20.0. The van der Waals surface area contributed by atoms with Crippen LogP contribution in [-0.4, -0.2) is 48.9 Å². The van der Waals surface area contributed by atoms with Crippen LogP contribution in [0, 0.1) is 0 Å². The van der Waals surface area contributed by atoms with Crippen LogP contribution >= 0.6 is 11.3 Å². The van der Waals surface area contributed by atoms with Crippen molar-refractivity contribution in [3.63, 3.8) is 0 Å². The molecule has 0 atom stereocenters. The minimum Gasteiger partial charge on any atom is -0.353 e. The number of thiophene rings is 1. The number of anilines is 1. The number of hydrogen-bond acceptors (Lipinski definition) is 6. The third-order valence-electron chi connectivity index (χ3n) is 5.95. The molecule has 1 saturated heterocycles. The third kappa shape index (κ3) is 3.33. The molecule has 2 aromatic heterocycles. The topological polar surface area (TPSA) is 66.4 Å². The largest absolute Gasteiger partial charge is 0.353 e. The fraction of sp³-hybridized carbons (Fsp3) is 0.429. The molecule has 0 bridgehead atoms. The summed E-state index contributed by atoms with van der Waals surface area (Å²) in [5.74, 6) is 0.917. The molecule has 3 aromatic rings. The number of rotatable bonds is 4. The van der Waals surface area contributed by atoms with Gasteiger partial charge in [-0.2, -0.15) is 4.31 Å². The van der Waals surface area contributed by atoms with Crippen molar-refractivity contribution in [1.29, 1.82) is 0 Å². The zero-order valence-electron chi connectivity index (χ0n) is 16.5. The lowest BCUT2D eigenvalue weighted by Crippen LogP contribution is -2.49. The van der Waals surface area contributed by atoms with E-state index >= 15 is 0 Å². The molecule has 29 heavy (non-hydrogen) atoms. The smallest absolute Gasteiger partial charge is 0.243 e. The maximum absolute atomic E-state index is 13.2. The second-order valence-electron chi connectivity index (χ2n) is 7.66. The Morgan fingerprint density at radius 3 is 2.62 bits per heavy atom. The van der Waals surface area contributed by atoms with E-state index in [-0.39, 0.29) is 0 Å². The summed E-state index contributed by atoms with van der Waals surface area (Å²) in [5.41, 5.74) is 2.49. The average Bonchev–Trinajstić information content (AvgIpc) is 3.39. The highest BCUT2D eigenvalue weighted by molar-refractivity contribution is 7.89. The lowest BCUT2D eigenvalue weighted by molar-refractivity contribution is 0.384. The minimum absolute atomic E-state index is 0.432. The van der Waals surface area contributed by atoms with Crippen LogP contribution < -0.4 is 4.90 Å². The minimum atomic E-state index is -3.46. The van der Waals surface area contributed by atoms with Crippen LogP contribution in [0.25, 0.3) is 10.2 Å². The Morgan fingerprint density at radius 1 is 1.03 bits per heavy atom. The van der Waals surface area contributed by atoms with Gasteiger partial charge in [0.2, 0.25) is 10.0 Å². The van der Waals surface area contributed by atoms with Gasteiger partial charge in [-0.05, 0) is 55.0 Å². The van der Waals surface area contributed by atoms with Gasteiger partial charge in [-0.3, -0.25) is 0 Å². The second kappa shape index (κ2) is 7.34. The maximum atomic E-state index is 13.2. The molecule has 0 amide bonds. The standard InChI is InChI=1S/C21H24N4O2S2/c1-2-17-13-19-20(22-14-23-21(19)28-17)24-8-10-25(11-9-24)29(26,27)18-7-6-15-4-3-5-16(15)12-18/h6-7,12-14H,2-5,8-11H2,1H3. The van der Waals surface area contributed by atoms with E-state index in [1.165, 1.54) is 16.0 Å². The van der Waals surface area contributed by atoms with E-state index in [0.717, 1.165) is 41.7 Å². The Balaban J connectivity index is 1.36. The number of piperazine rings is 1. The SMILES string of the molecule is CCc1cc2c(N3CCN(S(=O)(=O)c4ccc5c(c4)CCC5)CC3)ncnc2s1. The molecule has 8 heteroatoms. The number of fused-ring (bicyclic) bond motifs is 2. The predicted octanol–water partition coefficient (Wildman–Crippen LogP) is 3.25. The summed E-state index contributed by atoms with van der Waals surface area (Å²) < 4.78 is 28.0. The van der Waals surface area contributed by atoms with Crippen molar-refractivity contribution in [3.05, 3.63) is 46.6 Å². The van der Waals surface area contributed by atoms with Crippen molar-refractivity contribution < 1.29 is 8.42 Å². The monoisotopic (exact) mass is 428 g/mol. The van der Waals surface area contributed by atoms with Crippen molar-refractivity contribution in [2.75, 3.05) is 31.1 Å². The average molecular weight is 429 g/mol. The molecule has 1 aliphatic heterocycles. The van der Waals surface area contributed by atoms with Crippen LogP contribution in [0.1, 0.15) is 29.3 Å². The first-order valence-corrected chi connectivity index (χ1v) is 12.4. The summed E-state index contributed by atoms with van der Waals surface area (Å²) in [7, 11) is -3.46. The molecule has 1 fully saturated rings. The highest BCUT2D eigenvalue weighted by Crippen LogP contribution is 2.32. The molecule has 1 aromatic carbocycles. The number of hydrogen-bond donors (Lipinski definition) is 0. The summed E-state index contributed by atoms with van der Waals surface area (Å²) >= 11 is 1.70.